The van der Waals surface area contributed by atoms with E-state index in [2.05, 4.69) is 41.8 Å². The Balaban J connectivity index is 1.50. The molecule has 3 saturated heterocycles. The molecule has 4 fully saturated rings. The number of esters is 1. The van der Waals surface area contributed by atoms with Crippen LogP contribution in [-0.4, -0.2) is 71.4 Å². The molecule has 1 aromatic carbocycles. The standard InChI is InChI=1S/C29H41IN2O7/c1-3-5-7-12-28(13-8-6-4-2)37-22-21-17-29(27(35)31-14-15-33)24(26(34)36-21)32(39-25(29)23(22)38-28)18-19-10-9-11-20(30)16-19/h9-11,16,21-25,33H,3-8,12-15,17-18H2,1-2H3,(H,31,35). The predicted molar refractivity (Wildman–Crippen MR) is 151 cm³/mol. The molecule has 1 aliphatic carbocycles. The Kier molecular flexibility index (Phi) is 9.19. The number of ether oxygens (including phenoxy) is 3. The lowest BCUT2D eigenvalue weighted by molar-refractivity contribution is -0.224. The second-order valence-corrected chi connectivity index (χ2v) is 12.6. The number of carbonyl (C=O) groups is 2. The fourth-order valence-electron chi connectivity index (χ4n) is 6.85. The number of nitrogens with zero attached hydrogens (tertiary/aromatic N) is 1. The number of aliphatic hydroxyl groups is 1. The molecule has 1 saturated carbocycles. The van der Waals surface area contributed by atoms with Gasteiger partial charge in [-0.15, -0.1) is 0 Å². The first-order valence-corrected chi connectivity index (χ1v) is 15.6. The maximum absolute atomic E-state index is 13.9. The molecule has 4 aliphatic rings. The molecule has 6 unspecified atom stereocenters. The van der Waals surface area contributed by atoms with Gasteiger partial charge in [0.2, 0.25) is 5.91 Å². The van der Waals surface area contributed by atoms with Gasteiger partial charge in [0, 0.05) is 29.4 Å². The molecule has 3 aliphatic heterocycles. The van der Waals surface area contributed by atoms with Crippen LogP contribution in [-0.2, 0) is 35.2 Å². The van der Waals surface area contributed by atoms with E-state index in [1.165, 1.54) is 0 Å². The summed E-state index contributed by atoms with van der Waals surface area (Å²) in [4.78, 5) is 34.1. The van der Waals surface area contributed by atoms with E-state index in [1.54, 1.807) is 5.06 Å². The molecule has 9 nitrogen and oxygen atoms in total. The molecule has 216 valence electrons. The van der Waals surface area contributed by atoms with Crippen LogP contribution >= 0.6 is 22.6 Å². The lowest BCUT2D eigenvalue weighted by Gasteiger charge is -2.48. The molecule has 0 radical (unpaired) electrons. The molecule has 39 heavy (non-hydrogen) atoms. The second kappa shape index (κ2) is 12.3. The van der Waals surface area contributed by atoms with Crippen molar-refractivity contribution in [3.63, 3.8) is 0 Å². The van der Waals surface area contributed by atoms with Gasteiger partial charge in [0.15, 0.2) is 11.8 Å². The van der Waals surface area contributed by atoms with E-state index >= 15 is 0 Å². The van der Waals surface area contributed by atoms with Crippen molar-refractivity contribution in [1.29, 1.82) is 0 Å². The average Bonchev–Trinajstić information content (AvgIpc) is 3.46. The van der Waals surface area contributed by atoms with E-state index in [0.717, 1.165) is 60.5 Å². The first-order valence-electron chi connectivity index (χ1n) is 14.5. The van der Waals surface area contributed by atoms with Crippen LogP contribution in [0.4, 0.5) is 0 Å². The fraction of sp³-hybridized carbons (Fsp3) is 0.724. The van der Waals surface area contributed by atoms with Crippen LogP contribution < -0.4 is 5.32 Å². The summed E-state index contributed by atoms with van der Waals surface area (Å²) in [7, 11) is 0. The van der Waals surface area contributed by atoms with Crippen molar-refractivity contribution in [3.05, 3.63) is 33.4 Å². The number of amides is 1. The third-order valence-corrected chi connectivity index (χ3v) is 9.29. The number of halogens is 1. The summed E-state index contributed by atoms with van der Waals surface area (Å²) in [6.45, 7) is 4.57. The van der Waals surface area contributed by atoms with Crippen molar-refractivity contribution in [2.75, 3.05) is 13.2 Å². The minimum Gasteiger partial charge on any atom is -0.458 e. The summed E-state index contributed by atoms with van der Waals surface area (Å²) < 4.78 is 20.7. The van der Waals surface area contributed by atoms with Crippen molar-refractivity contribution in [3.8, 4) is 0 Å². The Bertz CT molecular complexity index is 1030. The number of carbonyl (C=O) groups excluding carboxylic acids is 2. The van der Waals surface area contributed by atoms with Gasteiger partial charge in [-0.1, -0.05) is 51.7 Å². The minimum absolute atomic E-state index is 0.0973. The monoisotopic (exact) mass is 656 g/mol. The molecule has 10 heteroatoms. The van der Waals surface area contributed by atoms with Gasteiger partial charge >= 0.3 is 5.97 Å². The topological polar surface area (TPSA) is 107 Å². The lowest BCUT2D eigenvalue weighted by Crippen LogP contribution is -2.69. The Hall–Kier alpha value is -1.31. The zero-order chi connectivity index (χ0) is 27.6. The normalized spacial score (nSPS) is 32.6. The number of aliphatic hydroxyl groups excluding tert-OH is 1. The molecule has 2 bridgehead atoms. The molecule has 0 spiro atoms. The van der Waals surface area contributed by atoms with Crippen LogP contribution in [0.15, 0.2) is 24.3 Å². The minimum atomic E-state index is -1.20. The Morgan fingerprint density at radius 2 is 1.85 bits per heavy atom. The van der Waals surface area contributed by atoms with E-state index in [1.807, 2.05) is 24.3 Å². The predicted octanol–water partition coefficient (Wildman–Crippen LogP) is 3.84. The summed E-state index contributed by atoms with van der Waals surface area (Å²) in [5.41, 5.74) is -0.236. The highest BCUT2D eigenvalue weighted by Gasteiger charge is 2.76. The highest BCUT2D eigenvalue weighted by atomic mass is 127. The molecule has 6 atom stereocenters. The SMILES string of the molecule is CCCCCC1(CCCCC)OC2C3CC4(C(=O)NCCO)C(ON(Cc5cccc(I)c5)C4C(=O)O3)C2O1. The number of hydrogen-bond donors (Lipinski definition) is 2. The summed E-state index contributed by atoms with van der Waals surface area (Å²) in [5, 5.41) is 13.9. The smallest absolute Gasteiger partial charge is 0.327 e. The fourth-order valence-corrected chi connectivity index (χ4v) is 7.45. The van der Waals surface area contributed by atoms with Crippen LogP contribution in [0.2, 0.25) is 0 Å². The van der Waals surface area contributed by atoms with Gasteiger partial charge in [0.1, 0.15) is 29.8 Å². The summed E-state index contributed by atoms with van der Waals surface area (Å²) >= 11 is 2.26. The first-order chi connectivity index (χ1) is 18.9. The summed E-state index contributed by atoms with van der Waals surface area (Å²) in [5.74, 6) is -1.57. The van der Waals surface area contributed by atoms with Crippen molar-refractivity contribution in [2.24, 2.45) is 5.41 Å². The van der Waals surface area contributed by atoms with Crippen molar-refractivity contribution in [1.82, 2.24) is 10.4 Å². The van der Waals surface area contributed by atoms with Gasteiger partial charge < -0.3 is 24.6 Å². The van der Waals surface area contributed by atoms with E-state index in [4.69, 9.17) is 19.0 Å². The summed E-state index contributed by atoms with van der Waals surface area (Å²) in [6, 6.07) is 7.06. The molecule has 1 amide bonds. The highest BCUT2D eigenvalue weighted by Crippen LogP contribution is 2.58. The maximum atomic E-state index is 13.9. The number of hydrogen-bond acceptors (Lipinski definition) is 8. The largest absolute Gasteiger partial charge is 0.458 e. The number of hydroxylamine groups is 2. The van der Waals surface area contributed by atoms with Gasteiger partial charge in [0.25, 0.3) is 0 Å². The number of rotatable bonds is 13. The molecule has 2 N–H and O–H groups in total. The third-order valence-electron chi connectivity index (χ3n) is 8.62. The molecular formula is C29H41IN2O7. The quantitative estimate of drug-likeness (QED) is 0.188. The Morgan fingerprint density at radius 3 is 2.51 bits per heavy atom. The van der Waals surface area contributed by atoms with E-state index < -0.39 is 47.6 Å². The third kappa shape index (κ3) is 5.49. The number of unbranched alkanes of at least 4 members (excludes halogenated alkanes) is 4. The van der Waals surface area contributed by atoms with Gasteiger partial charge in [-0.2, -0.15) is 5.06 Å². The van der Waals surface area contributed by atoms with Crippen LogP contribution in [0.25, 0.3) is 0 Å². The van der Waals surface area contributed by atoms with Crippen LogP contribution in [0.3, 0.4) is 0 Å². The lowest BCUT2D eigenvalue weighted by atomic mass is 9.62. The van der Waals surface area contributed by atoms with Crippen molar-refractivity contribution >= 4 is 34.5 Å². The molecule has 0 aromatic heterocycles. The Labute approximate surface area is 244 Å². The zero-order valence-corrected chi connectivity index (χ0v) is 25.1. The number of fused-ring (bicyclic) bond motifs is 4. The van der Waals surface area contributed by atoms with E-state index in [-0.39, 0.29) is 19.1 Å². The molecule has 1 aromatic rings. The zero-order valence-electron chi connectivity index (χ0n) is 22.9. The molecule has 3 heterocycles. The second-order valence-electron chi connectivity index (χ2n) is 11.3. The van der Waals surface area contributed by atoms with Gasteiger partial charge in [0.05, 0.1) is 13.2 Å². The van der Waals surface area contributed by atoms with Gasteiger partial charge in [-0.3, -0.25) is 14.4 Å². The van der Waals surface area contributed by atoms with Crippen LogP contribution in [0.5, 0.6) is 0 Å². The van der Waals surface area contributed by atoms with Gasteiger partial charge in [-0.05, 0) is 53.1 Å². The maximum Gasteiger partial charge on any atom is 0.327 e. The van der Waals surface area contributed by atoms with E-state index in [0.29, 0.717) is 13.0 Å². The Morgan fingerprint density at radius 1 is 1.13 bits per heavy atom. The summed E-state index contributed by atoms with van der Waals surface area (Å²) in [6.07, 6.45) is 5.72. The first kappa shape index (κ1) is 29.2. The highest BCUT2D eigenvalue weighted by molar-refractivity contribution is 14.1. The molecule has 5 rings (SSSR count). The van der Waals surface area contributed by atoms with Crippen LogP contribution in [0, 0.1) is 8.99 Å². The van der Waals surface area contributed by atoms with E-state index in [9.17, 15) is 14.7 Å². The van der Waals surface area contributed by atoms with Crippen molar-refractivity contribution < 1.29 is 33.7 Å². The number of nitrogens with one attached hydrogen (secondary N) is 1. The van der Waals surface area contributed by atoms with Crippen LogP contribution in [0.1, 0.15) is 77.2 Å². The number of benzene rings is 1. The van der Waals surface area contributed by atoms with Gasteiger partial charge in [-0.25, -0.2) is 0 Å². The molecular weight excluding hydrogens is 615 g/mol. The average molecular weight is 657 g/mol. The van der Waals surface area contributed by atoms with Crippen molar-refractivity contribution in [2.45, 2.75) is 114 Å².